The summed E-state index contributed by atoms with van der Waals surface area (Å²) >= 11 is 0. The number of aromatic hydroxyl groups is 2. The highest BCUT2D eigenvalue weighted by Gasteiger charge is 2.25. The van der Waals surface area contributed by atoms with Gasteiger partial charge in [-0.05, 0) is 52.0 Å². The van der Waals surface area contributed by atoms with Crippen molar-refractivity contribution < 1.29 is 10.2 Å². The van der Waals surface area contributed by atoms with Gasteiger partial charge in [0.05, 0.1) is 5.56 Å². The fraction of sp³-hybridized carbons (Fsp3) is 0.600. The molecule has 0 amide bonds. The summed E-state index contributed by atoms with van der Waals surface area (Å²) in [6.45, 7) is 5.30. The molecule has 0 spiro atoms. The van der Waals surface area contributed by atoms with Crippen molar-refractivity contribution in [3.05, 3.63) is 23.8 Å². The minimum absolute atomic E-state index is 0.00658. The van der Waals surface area contributed by atoms with Crippen molar-refractivity contribution in [3.63, 3.8) is 0 Å². The molecule has 0 aromatic heterocycles. The summed E-state index contributed by atoms with van der Waals surface area (Å²) in [7, 11) is 4.20. The van der Waals surface area contributed by atoms with Gasteiger partial charge in [0.2, 0.25) is 0 Å². The zero-order valence-electron chi connectivity index (χ0n) is 12.0. The number of phenolic OH excluding ortho intramolecular Hbond substituents is 2. The van der Waals surface area contributed by atoms with Crippen molar-refractivity contribution in [1.82, 2.24) is 9.80 Å². The van der Waals surface area contributed by atoms with Gasteiger partial charge in [0, 0.05) is 19.1 Å². The van der Waals surface area contributed by atoms with Crippen LogP contribution in [0.5, 0.6) is 11.5 Å². The van der Waals surface area contributed by atoms with E-state index in [0.717, 1.165) is 19.6 Å². The molecule has 106 valence electrons. The molecule has 1 aromatic carbocycles. The van der Waals surface area contributed by atoms with Gasteiger partial charge in [0.15, 0.2) is 0 Å². The molecule has 1 aliphatic heterocycles. The van der Waals surface area contributed by atoms with E-state index in [-0.39, 0.29) is 17.5 Å². The first-order valence-corrected chi connectivity index (χ1v) is 6.88. The summed E-state index contributed by atoms with van der Waals surface area (Å²) in [5.74, 6) is 1.01. The van der Waals surface area contributed by atoms with Crippen molar-refractivity contribution in [2.24, 2.45) is 5.92 Å². The molecule has 2 N–H and O–H groups in total. The molecule has 2 atom stereocenters. The van der Waals surface area contributed by atoms with Crippen LogP contribution in [0.4, 0.5) is 0 Å². The van der Waals surface area contributed by atoms with E-state index in [9.17, 15) is 10.2 Å². The second-order valence-electron chi connectivity index (χ2n) is 5.74. The molecule has 0 aliphatic carbocycles. The number of phenols is 2. The van der Waals surface area contributed by atoms with Crippen LogP contribution in [0.1, 0.15) is 24.9 Å². The van der Waals surface area contributed by atoms with Gasteiger partial charge in [-0.25, -0.2) is 0 Å². The zero-order chi connectivity index (χ0) is 14.0. The summed E-state index contributed by atoms with van der Waals surface area (Å²) in [6, 6.07) is 4.92. The maximum Gasteiger partial charge on any atom is 0.124 e. The van der Waals surface area contributed by atoms with E-state index in [4.69, 9.17) is 0 Å². The maximum absolute atomic E-state index is 9.92. The molecule has 1 fully saturated rings. The van der Waals surface area contributed by atoms with Gasteiger partial charge in [-0.1, -0.05) is 6.07 Å². The monoisotopic (exact) mass is 264 g/mol. The predicted molar refractivity (Wildman–Crippen MR) is 76.4 cm³/mol. The van der Waals surface area contributed by atoms with Crippen molar-refractivity contribution in [3.8, 4) is 11.5 Å². The minimum Gasteiger partial charge on any atom is -0.507 e. The van der Waals surface area contributed by atoms with Gasteiger partial charge in [0.25, 0.3) is 0 Å². The molecule has 4 nitrogen and oxygen atoms in total. The van der Waals surface area contributed by atoms with Crippen LogP contribution in [0.25, 0.3) is 0 Å². The van der Waals surface area contributed by atoms with E-state index >= 15 is 0 Å². The molecule has 0 saturated carbocycles. The number of benzene rings is 1. The molecule has 2 unspecified atom stereocenters. The fourth-order valence-corrected chi connectivity index (χ4v) is 2.93. The largest absolute Gasteiger partial charge is 0.507 e. The second kappa shape index (κ2) is 5.80. The van der Waals surface area contributed by atoms with Gasteiger partial charge < -0.3 is 15.1 Å². The Morgan fingerprint density at radius 1 is 1.37 bits per heavy atom. The Balaban J connectivity index is 2.04. The Bertz CT molecular complexity index is 416. The van der Waals surface area contributed by atoms with E-state index in [1.165, 1.54) is 6.42 Å². The van der Waals surface area contributed by atoms with E-state index in [2.05, 4.69) is 23.9 Å². The van der Waals surface area contributed by atoms with E-state index < -0.39 is 0 Å². The lowest BCUT2D eigenvalue weighted by Gasteiger charge is -2.28. The van der Waals surface area contributed by atoms with Gasteiger partial charge in [-0.2, -0.15) is 0 Å². The topological polar surface area (TPSA) is 46.9 Å². The van der Waals surface area contributed by atoms with Gasteiger partial charge in [0.1, 0.15) is 11.5 Å². The van der Waals surface area contributed by atoms with Crippen LogP contribution in [0, 0.1) is 5.92 Å². The quantitative estimate of drug-likeness (QED) is 0.873. The molecule has 4 heteroatoms. The molecule has 2 rings (SSSR count). The lowest BCUT2D eigenvalue weighted by molar-refractivity contribution is 0.213. The van der Waals surface area contributed by atoms with Crippen LogP contribution in [0.2, 0.25) is 0 Å². The molecule has 0 radical (unpaired) electrons. The highest BCUT2D eigenvalue weighted by molar-refractivity contribution is 5.44. The molecule has 1 heterocycles. The van der Waals surface area contributed by atoms with Crippen LogP contribution < -0.4 is 0 Å². The lowest BCUT2D eigenvalue weighted by atomic mass is 10.0. The van der Waals surface area contributed by atoms with Crippen molar-refractivity contribution in [2.75, 3.05) is 33.7 Å². The fourth-order valence-electron chi connectivity index (χ4n) is 2.93. The summed E-state index contributed by atoms with van der Waals surface area (Å²) in [5, 5.41) is 19.8. The molecular formula is C15H24N2O2. The summed E-state index contributed by atoms with van der Waals surface area (Å²) < 4.78 is 0. The van der Waals surface area contributed by atoms with Crippen LogP contribution in [-0.4, -0.2) is 53.7 Å². The van der Waals surface area contributed by atoms with Crippen molar-refractivity contribution in [1.29, 1.82) is 0 Å². The zero-order valence-corrected chi connectivity index (χ0v) is 12.0. The number of hydrogen-bond acceptors (Lipinski definition) is 4. The lowest BCUT2D eigenvalue weighted by Crippen LogP contribution is -2.29. The number of likely N-dealkylation sites (tertiary alicyclic amines) is 1. The highest BCUT2D eigenvalue weighted by Crippen LogP contribution is 2.35. The van der Waals surface area contributed by atoms with Gasteiger partial charge in [-0.3, -0.25) is 4.90 Å². The Kier molecular flexibility index (Phi) is 4.32. The summed E-state index contributed by atoms with van der Waals surface area (Å²) in [6.07, 6.45) is 1.22. The third-order valence-electron chi connectivity index (χ3n) is 4.17. The Morgan fingerprint density at radius 2 is 2.00 bits per heavy atom. The molecule has 0 bridgehead atoms. The first-order chi connectivity index (χ1) is 8.99. The van der Waals surface area contributed by atoms with Crippen molar-refractivity contribution >= 4 is 0 Å². The predicted octanol–water partition coefficient (Wildman–Crippen LogP) is 2.04. The van der Waals surface area contributed by atoms with Crippen molar-refractivity contribution in [2.45, 2.75) is 19.4 Å². The maximum atomic E-state index is 9.92. The minimum atomic E-state index is 0.00658. The number of hydrogen-bond donors (Lipinski definition) is 2. The average Bonchev–Trinajstić information content (AvgIpc) is 2.74. The SMILES string of the molecule is CC(c1c(O)cccc1O)N(C)CC1CCN(C)C1. The first kappa shape index (κ1) is 14.2. The number of nitrogens with zero attached hydrogens (tertiary/aromatic N) is 2. The second-order valence-corrected chi connectivity index (χ2v) is 5.74. The van der Waals surface area contributed by atoms with Crippen LogP contribution in [0.3, 0.4) is 0 Å². The Morgan fingerprint density at radius 3 is 2.53 bits per heavy atom. The van der Waals surface area contributed by atoms with Crippen LogP contribution >= 0.6 is 0 Å². The summed E-state index contributed by atoms with van der Waals surface area (Å²) in [4.78, 5) is 4.55. The standard InChI is InChI=1S/C15H24N2O2/c1-11(15-13(18)5-4-6-14(15)19)17(3)10-12-7-8-16(2)9-12/h4-6,11-12,18-19H,7-10H2,1-3H3. The van der Waals surface area contributed by atoms with E-state index in [1.807, 2.05) is 6.92 Å². The first-order valence-electron chi connectivity index (χ1n) is 6.88. The normalized spacial score (nSPS) is 22.0. The Labute approximate surface area is 115 Å². The average molecular weight is 264 g/mol. The van der Waals surface area contributed by atoms with Gasteiger partial charge >= 0.3 is 0 Å². The molecule has 1 saturated heterocycles. The van der Waals surface area contributed by atoms with Crippen LogP contribution in [0.15, 0.2) is 18.2 Å². The summed E-state index contributed by atoms with van der Waals surface area (Å²) in [5.41, 5.74) is 0.622. The molecular weight excluding hydrogens is 240 g/mol. The third-order valence-corrected chi connectivity index (χ3v) is 4.17. The number of rotatable bonds is 4. The third kappa shape index (κ3) is 3.19. The Hall–Kier alpha value is -1.26. The smallest absolute Gasteiger partial charge is 0.124 e. The van der Waals surface area contributed by atoms with E-state index in [0.29, 0.717) is 11.5 Å². The molecule has 19 heavy (non-hydrogen) atoms. The van der Waals surface area contributed by atoms with E-state index in [1.54, 1.807) is 18.2 Å². The molecule has 1 aliphatic rings. The van der Waals surface area contributed by atoms with Crippen LogP contribution in [-0.2, 0) is 0 Å². The van der Waals surface area contributed by atoms with Gasteiger partial charge in [-0.15, -0.1) is 0 Å². The molecule has 1 aromatic rings. The highest BCUT2D eigenvalue weighted by atomic mass is 16.3.